The SMILES string of the molecule is CCN(Cc1cc(Cl)ccc1Cl)C(=O)[C@H]1CCCN(C(=O)OC(C)(C)C)C1. The average molecular weight is 415 g/mol. The van der Waals surface area contributed by atoms with Crippen molar-refractivity contribution in [2.45, 2.75) is 52.7 Å². The van der Waals surface area contributed by atoms with Gasteiger partial charge in [-0.05, 0) is 64.3 Å². The summed E-state index contributed by atoms with van der Waals surface area (Å²) in [7, 11) is 0. The highest BCUT2D eigenvalue weighted by atomic mass is 35.5. The molecule has 0 bridgehead atoms. The van der Waals surface area contributed by atoms with Crippen molar-refractivity contribution < 1.29 is 14.3 Å². The molecule has 1 fully saturated rings. The number of rotatable bonds is 4. The zero-order valence-corrected chi connectivity index (χ0v) is 17.9. The maximum Gasteiger partial charge on any atom is 0.410 e. The highest BCUT2D eigenvalue weighted by Crippen LogP contribution is 2.25. The van der Waals surface area contributed by atoms with Crippen LogP contribution in [0.2, 0.25) is 10.0 Å². The smallest absolute Gasteiger partial charge is 0.410 e. The number of piperidine rings is 1. The van der Waals surface area contributed by atoms with Crippen molar-refractivity contribution in [3.05, 3.63) is 33.8 Å². The van der Waals surface area contributed by atoms with E-state index in [1.54, 1.807) is 28.0 Å². The molecule has 0 N–H and O–H groups in total. The van der Waals surface area contributed by atoms with Gasteiger partial charge in [0.1, 0.15) is 5.60 Å². The van der Waals surface area contributed by atoms with Crippen LogP contribution >= 0.6 is 23.2 Å². The first-order chi connectivity index (χ1) is 12.6. The topological polar surface area (TPSA) is 49.9 Å². The second kappa shape index (κ2) is 9.16. The largest absolute Gasteiger partial charge is 0.444 e. The second-order valence-corrected chi connectivity index (χ2v) is 8.70. The van der Waals surface area contributed by atoms with Crippen molar-refractivity contribution in [1.82, 2.24) is 9.80 Å². The molecule has 150 valence electrons. The summed E-state index contributed by atoms with van der Waals surface area (Å²) in [6.45, 7) is 9.41. The van der Waals surface area contributed by atoms with E-state index >= 15 is 0 Å². The number of ether oxygens (including phenoxy) is 1. The van der Waals surface area contributed by atoms with Gasteiger partial charge in [0.05, 0.1) is 5.92 Å². The molecule has 1 atom stereocenters. The first kappa shape index (κ1) is 21.8. The van der Waals surface area contributed by atoms with Gasteiger partial charge >= 0.3 is 6.09 Å². The van der Waals surface area contributed by atoms with Gasteiger partial charge in [-0.15, -0.1) is 0 Å². The molecule has 0 spiro atoms. The molecule has 2 amide bonds. The van der Waals surface area contributed by atoms with Crippen molar-refractivity contribution in [2.75, 3.05) is 19.6 Å². The molecule has 1 heterocycles. The van der Waals surface area contributed by atoms with Gasteiger partial charge in [-0.1, -0.05) is 23.2 Å². The minimum absolute atomic E-state index is 0.0294. The van der Waals surface area contributed by atoms with E-state index in [0.717, 1.165) is 18.4 Å². The van der Waals surface area contributed by atoms with Gasteiger partial charge in [0.25, 0.3) is 0 Å². The van der Waals surface area contributed by atoms with Gasteiger partial charge in [0, 0.05) is 36.2 Å². The molecule has 27 heavy (non-hydrogen) atoms. The van der Waals surface area contributed by atoms with Gasteiger partial charge in [0.15, 0.2) is 0 Å². The molecule has 7 heteroatoms. The second-order valence-electron chi connectivity index (χ2n) is 7.85. The molecule has 2 rings (SSSR count). The summed E-state index contributed by atoms with van der Waals surface area (Å²) in [6, 6.07) is 5.25. The standard InChI is InChI=1S/C20H28Cl2N2O3/c1-5-23(13-15-11-16(21)8-9-17(15)22)18(25)14-7-6-10-24(12-14)19(26)27-20(2,3)4/h8-9,11,14H,5-7,10,12-13H2,1-4H3/t14-/m0/s1. The van der Waals surface area contributed by atoms with E-state index in [1.807, 2.05) is 27.7 Å². The Balaban J connectivity index is 2.05. The predicted molar refractivity (Wildman–Crippen MR) is 108 cm³/mol. The normalized spacial score (nSPS) is 17.6. The number of nitrogens with zero attached hydrogens (tertiary/aromatic N) is 2. The van der Waals surface area contributed by atoms with Crippen LogP contribution in [0.3, 0.4) is 0 Å². The van der Waals surface area contributed by atoms with E-state index < -0.39 is 5.60 Å². The van der Waals surface area contributed by atoms with Gasteiger partial charge in [0.2, 0.25) is 5.91 Å². The monoisotopic (exact) mass is 414 g/mol. The van der Waals surface area contributed by atoms with Crippen LogP contribution in [-0.4, -0.2) is 47.0 Å². The molecule has 1 aromatic carbocycles. The Morgan fingerprint density at radius 3 is 2.63 bits per heavy atom. The number of hydrogen-bond donors (Lipinski definition) is 0. The van der Waals surface area contributed by atoms with Crippen LogP contribution in [0.5, 0.6) is 0 Å². The fourth-order valence-electron chi connectivity index (χ4n) is 3.14. The third-order valence-electron chi connectivity index (χ3n) is 4.48. The molecule has 0 aromatic heterocycles. The Labute approximate surface area is 171 Å². The number of amides is 2. The van der Waals surface area contributed by atoms with Crippen LogP contribution in [0.1, 0.15) is 46.1 Å². The maximum atomic E-state index is 13.1. The van der Waals surface area contributed by atoms with Crippen molar-refractivity contribution >= 4 is 35.2 Å². The highest BCUT2D eigenvalue weighted by Gasteiger charge is 2.33. The molecule has 1 aliphatic heterocycles. The Bertz CT molecular complexity index is 688. The third-order valence-corrected chi connectivity index (χ3v) is 5.09. The van der Waals surface area contributed by atoms with Gasteiger partial charge in [-0.3, -0.25) is 4.79 Å². The maximum absolute atomic E-state index is 13.1. The lowest BCUT2D eigenvalue weighted by molar-refractivity contribution is -0.137. The molecule has 1 aliphatic rings. The van der Waals surface area contributed by atoms with Crippen LogP contribution < -0.4 is 0 Å². The molecule has 0 aliphatic carbocycles. The van der Waals surface area contributed by atoms with Crippen LogP contribution in [0.25, 0.3) is 0 Å². The number of benzene rings is 1. The molecular formula is C20H28Cl2N2O3. The summed E-state index contributed by atoms with van der Waals surface area (Å²) >= 11 is 12.3. The number of carbonyl (C=O) groups excluding carboxylic acids is 2. The number of carbonyl (C=O) groups is 2. The van der Waals surface area contributed by atoms with Crippen molar-refractivity contribution in [3.63, 3.8) is 0 Å². The lowest BCUT2D eigenvalue weighted by atomic mass is 9.96. The Morgan fingerprint density at radius 1 is 1.30 bits per heavy atom. The van der Waals surface area contributed by atoms with Crippen molar-refractivity contribution in [3.8, 4) is 0 Å². The molecule has 1 saturated heterocycles. The average Bonchev–Trinajstić information content (AvgIpc) is 2.60. The van der Waals surface area contributed by atoms with Crippen LogP contribution in [0.4, 0.5) is 4.79 Å². The lowest BCUT2D eigenvalue weighted by Gasteiger charge is -2.35. The van der Waals surface area contributed by atoms with E-state index in [0.29, 0.717) is 36.2 Å². The summed E-state index contributed by atoms with van der Waals surface area (Å²) in [5, 5.41) is 1.18. The summed E-state index contributed by atoms with van der Waals surface area (Å²) in [5.41, 5.74) is 0.270. The molecule has 0 unspecified atom stereocenters. The van der Waals surface area contributed by atoms with Crippen LogP contribution in [0.15, 0.2) is 18.2 Å². The Hall–Kier alpha value is -1.46. The summed E-state index contributed by atoms with van der Waals surface area (Å²) in [4.78, 5) is 28.8. The number of hydrogen-bond acceptors (Lipinski definition) is 3. The van der Waals surface area contributed by atoms with Crippen LogP contribution in [-0.2, 0) is 16.1 Å². The fourth-order valence-corrected chi connectivity index (χ4v) is 3.52. The lowest BCUT2D eigenvalue weighted by Crippen LogP contribution is -2.47. The molecule has 0 saturated carbocycles. The quantitative estimate of drug-likeness (QED) is 0.696. The summed E-state index contributed by atoms with van der Waals surface area (Å²) in [5.74, 6) is -0.203. The van der Waals surface area contributed by atoms with Gasteiger partial charge < -0.3 is 14.5 Å². The van der Waals surface area contributed by atoms with Crippen LogP contribution in [0, 0.1) is 5.92 Å². The number of halogens is 2. The minimum atomic E-state index is -0.549. The highest BCUT2D eigenvalue weighted by molar-refractivity contribution is 6.33. The summed E-state index contributed by atoms with van der Waals surface area (Å²) < 4.78 is 5.45. The molecule has 1 aromatic rings. The first-order valence-corrected chi connectivity index (χ1v) is 10.1. The van der Waals surface area contributed by atoms with Crippen molar-refractivity contribution in [2.24, 2.45) is 5.92 Å². The molecular weight excluding hydrogens is 387 g/mol. The van der Waals surface area contributed by atoms with E-state index in [1.165, 1.54) is 0 Å². The van der Waals surface area contributed by atoms with Gasteiger partial charge in [-0.25, -0.2) is 4.79 Å². The Morgan fingerprint density at radius 2 is 2.00 bits per heavy atom. The third kappa shape index (κ3) is 6.28. The fraction of sp³-hybridized carbons (Fsp3) is 0.600. The van der Waals surface area contributed by atoms with Crippen molar-refractivity contribution in [1.29, 1.82) is 0 Å². The van der Waals surface area contributed by atoms with Gasteiger partial charge in [-0.2, -0.15) is 0 Å². The van der Waals surface area contributed by atoms with E-state index in [9.17, 15) is 9.59 Å². The predicted octanol–water partition coefficient (Wildman–Crippen LogP) is 4.99. The number of likely N-dealkylation sites (tertiary alicyclic amines) is 1. The van der Waals surface area contributed by atoms with E-state index in [2.05, 4.69) is 0 Å². The minimum Gasteiger partial charge on any atom is -0.444 e. The zero-order chi connectivity index (χ0) is 20.2. The molecule has 5 nitrogen and oxygen atoms in total. The Kier molecular flexibility index (Phi) is 7.40. The molecule has 0 radical (unpaired) electrons. The zero-order valence-electron chi connectivity index (χ0n) is 16.4. The summed E-state index contributed by atoms with van der Waals surface area (Å²) in [6.07, 6.45) is 1.18. The van der Waals surface area contributed by atoms with E-state index in [-0.39, 0.29) is 17.9 Å². The van der Waals surface area contributed by atoms with E-state index in [4.69, 9.17) is 27.9 Å². The first-order valence-electron chi connectivity index (χ1n) is 9.31.